The maximum absolute atomic E-state index is 13.3. The summed E-state index contributed by atoms with van der Waals surface area (Å²) in [6.45, 7) is 1.26. The van der Waals surface area contributed by atoms with Crippen molar-refractivity contribution in [2.24, 2.45) is 0 Å². The highest BCUT2D eigenvalue weighted by atomic mass is 19.1. The van der Waals surface area contributed by atoms with Gasteiger partial charge in [-0.25, -0.2) is 9.18 Å². The SMILES string of the molecule is O=C1CN(CC(=O)N2CCNC(c3cccc(F)c3)C2)C(=O)N1. The average Bonchev–Trinajstić information content (AvgIpc) is 2.85. The second-order valence-corrected chi connectivity index (χ2v) is 5.61. The van der Waals surface area contributed by atoms with E-state index in [1.165, 1.54) is 17.0 Å². The molecule has 23 heavy (non-hydrogen) atoms. The molecule has 0 bridgehead atoms. The van der Waals surface area contributed by atoms with Gasteiger partial charge in [-0.15, -0.1) is 0 Å². The Balaban J connectivity index is 1.63. The second kappa shape index (κ2) is 6.33. The summed E-state index contributed by atoms with van der Waals surface area (Å²) in [5, 5.41) is 5.39. The van der Waals surface area contributed by atoms with Crippen molar-refractivity contribution in [1.82, 2.24) is 20.4 Å². The predicted molar refractivity (Wildman–Crippen MR) is 78.8 cm³/mol. The van der Waals surface area contributed by atoms with Gasteiger partial charge in [0.25, 0.3) is 0 Å². The number of rotatable bonds is 3. The molecule has 2 saturated heterocycles. The van der Waals surface area contributed by atoms with Crippen LogP contribution < -0.4 is 10.6 Å². The zero-order chi connectivity index (χ0) is 16.4. The fraction of sp³-hybridized carbons (Fsp3) is 0.400. The number of amides is 4. The summed E-state index contributed by atoms with van der Waals surface area (Å²) in [5.74, 6) is -0.946. The Bertz CT molecular complexity index is 651. The third-order valence-electron chi connectivity index (χ3n) is 3.97. The second-order valence-electron chi connectivity index (χ2n) is 5.61. The topological polar surface area (TPSA) is 81.8 Å². The van der Waals surface area contributed by atoms with E-state index in [1.54, 1.807) is 17.0 Å². The Morgan fingerprint density at radius 3 is 2.87 bits per heavy atom. The van der Waals surface area contributed by atoms with Crippen LogP contribution in [-0.2, 0) is 9.59 Å². The number of nitrogens with one attached hydrogen (secondary N) is 2. The minimum absolute atomic E-state index is 0.0933. The van der Waals surface area contributed by atoms with Gasteiger partial charge in [0.2, 0.25) is 11.8 Å². The van der Waals surface area contributed by atoms with Crippen LogP contribution in [0.1, 0.15) is 11.6 Å². The summed E-state index contributed by atoms with van der Waals surface area (Å²) in [6, 6.07) is 5.56. The van der Waals surface area contributed by atoms with Crippen LogP contribution in [0.3, 0.4) is 0 Å². The minimum atomic E-state index is -0.542. The van der Waals surface area contributed by atoms with Gasteiger partial charge in [-0.3, -0.25) is 14.9 Å². The van der Waals surface area contributed by atoms with Crippen LogP contribution in [0.2, 0.25) is 0 Å². The van der Waals surface area contributed by atoms with E-state index in [-0.39, 0.29) is 30.9 Å². The Hall–Kier alpha value is -2.48. The van der Waals surface area contributed by atoms with Gasteiger partial charge < -0.3 is 15.1 Å². The standard InChI is InChI=1S/C15H17FN4O3/c16-11-3-1-2-10(6-11)12-7-19(5-4-17-12)14(22)9-20-8-13(21)18-15(20)23/h1-3,6,12,17H,4-5,7-9H2,(H,18,21,23). The summed E-state index contributed by atoms with van der Waals surface area (Å²) < 4.78 is 13.3. The molecule has 8 heteroatoms. The quantitative estimate of drug-likeness (QED) is 0.759. The van der Waals surface area contributed by atoms with Crippen molar-refractivity contribution >= 4 is 17.8 Å². The molecule has 0 saturated carbocycles. The summed E-state index contributed by atoms with van der Waals surface area (Å²) in [5.41, 5.74) is 0.775. The molecule has 1 atom stereocenters. The minimum Gasteiger partial charge on any atom is -0.338 e. The number of hydrogen-bond donors (Lipinski definition) is 2. The molecule has 2 aliphatic heterocycles. The van der Waals surface area contributed by atoms with Crippen LogP contribution in [0.5, 0.6) is 0 Å². The van der Waals surface area contributed by atoms with E-state index in [2.05, 4.69) is 10.6 Å². The first-order chi connectivity index (χ1) is 11.0. The zero-order valence-electron chi connectivity index (χ0n) is 12.4. The highest BCUT2D eigenvalue weighted by Gasteiger charge is 2.31. The Morgan fingerprint density at radius 1 is 1.35 bits per heavy atom. The van der Waals surface area contributed by atoms with Crippen molar-refractivity contribution in [2.75, 3.05) is 32.7 Å². The molecule has 122 valence electrons. The van der Waals surface area contributed by atoms with Crippen LogP contribution in [0.4, 0.5) is 9.18 Å². The first kappa shape index (κ1) is 15.4. The van der Waals surface area contributed by atoms with Crippen LogP contribution in [-0.4, -0.2) is 60.4 Å². The fourth-order valence-electron chi connectivity index (χ4n) is 2.80. The van der Waals surface area contributed by atoms with Crippen molar-refractivity contribution in [2.45, 2.75) is 6.04 Å². The number of piperazine rings is 1. The lowest BCUT2D eigenvalue weighted by atomic mass is 10.0. The van der Waals surface area contributed by atoms with Crippen molar-refractivity contribution in [3.8, 4) is 0 Å². The number of carbonyl (C=O) groups excluding carboxylic acids is 3. The van der Waals surface area contributed by atoms with E-state index >= 15 is 0 Å². The van der Waals surface area contributed by atoms with Gasteiger partial charge in [-0.1, -0.05) is 12.1 Å². The first-order valence-corrected chi connectivity index (χ1v) is 7.38. The van der Waals surface area contributed by atoms with Gasteiger partial charge >= 0.3 is 6.03 Å². The zero-order valence-corrected chi connectivity index (χ0v) is 12.4. The third kappa shape index (κ3) is 3.48. The van der Waals surface area contributed by atoms with E-state index in [0.29, 0.717) is 19.6 Å². The van der Waals surface area contributed by atoms with Crippen LogP contribution in [0.15, 0.2) is 24.3 Å². The highest BCUT2D eigenvalue weighted by molar-refractivity contribution is 6.03. The third-order valence-corrected chi connectivity index (χ3v) is 3.97. The van der Waals surface area contributed by atoms with Gasteiger partial charge in [0.05, 0.1) is 6.04 Å². The number of benzene rings is 1. The number of nitrogens with zero attached hydrogens (tertiary/aromatic N) is 2. The normalized spacial score (nSPS) is 21.5. The number of halogens is 1. The maximum atomic E-state index is 13.3. The van der Waals surface area contributed by atoms with Crippen molar-refractivity contribution in [3.63, 3.8) is 0 Å². The number of hydrogen-bond acceptors (Lipinski definition) is 4. The summed E-state index contributed by atoms with van der Waals surface area (Å²) in [6.07, 6.45) is 0. The summed E-state index contributed by atoms with van der Waals surface area (Å²) >= 11 is 0. The predicted octanol–water partition coefficient (Wildman–Crippen LogP) is -0.150. The highest BCUT2D eigenvalue weighted by Crippen LogP contribution is 2.18. The molecule has 2 fully saturated rings. The Labute approximate surface area is 132 Å². The van der Waals surface area contributed by atoms with Crippen molar-refractivity contribution in [3.05, 3.63) is 35.6 Å². The van der Waals surface area contributed by atoms with Gasteiger partial charge in [0, 0.05) is 19.6 Å². The number of urea groups is 1. The van der Waals surface area contributed by atoms with Crippen molar-refractivity contribution in [1.29, 1.82) is 0 Å². The molecule has 2 N–H and O–H groups in total. The molecule has 0 radical (unpaired) electrons. The van der Waals surface area contributed by atoms with E-state index in [1.807, 2.05) is 0 Å². The Kier molecular flexibility index (Phi) is 4.24. The molecule has 1 aromatic rings. The van der Waals surface area contributed by atoms with Crippen LogP contribution in [0.25, 0.3) is 0 Å². The summed E-state index contributed by atoms with van der Waals surface area (Å²) in [4.78, 5) is 37.8. The molecule has 1 unspecified atom stereocenters. The van der Waals surface area contributed by atoms with E-state index in [9.17, 15) is 18.8 Å². The average molecular weight is 320 g/mol. The molecular weight excluding hydrogens is 303 g/mol. The Morgan fingerprint density at radius 2 is 2.17 bits per heavy atom. The molecule has 0 aliphatic carbocycles. The van der Waals surface area contributed by atoms with E-state index < -0.39 is 11.9 Å². The molecule has 0 spiro atoms. The van der Waals surface area contributed by atoms with Gasteiger partial charge in [-0.05, 0) is 17.7 Å². The van der Waals surface area contributed by atoms with Crippen molar-refractivity contribution < 1.29 is 18.8 Å². The lowest BCUT2D eigenvalue weighted by Crippen LogP contribution is -2.51. The smallest absolute Gasteiger partial charge is 0.325 e. The first-order valence-electron chi connectivity index (χ1n) is 7.38. The number of carbonyl (C=O) groups is 3. The molecule has 2 aliphatic rings. The van der Waals surface area contributed by atoms with E-state index in [4.69, 9.17) is 0 Å². The summed E-state index contributed by atoms with van der Waals surface area (Å²) in [7, 11) is 0. The molecule has 3 rings (SSSR count). The molecule has 0 aromatic heterocycles. The molecule has 7 nitrogen and oxygen atoms in total. The molecule has 1 aromatic carbocycles. The fourth-order valence-corrected chi connectivity index (χ4v) is 2.80. The number of imide groups is 1. The van der Waals surface area contributed by atoms with Crippen LogP contribution >= 0.6 is 0 Å². The molecule has 4 amide bonds. The lowest BCUT2D eigenvalue weighted by molar-refractivity contribution is -0.133. The lowest BCUT2D eigenvalue weighted by Gasteiger charge is -2.34. The monoisotopic (exact) mass is 320 g/mol. The van der Waals surface area contributed by atoms with Gasteiger partial charge in [-0.2, -0.15) is 0 Å². The molecular formula is C15H17FN4O3. The van der Waals surface area contributed by atoms with Crippen LogP contribution in [0, 0.1) is 5.82 Å². The van der Waals surface area contributed by atoms with E-state index in [0.717, 1.165) is 5.56 Å². The maximum Gasteiger partial charge on any atom is 0.325 e. The van der Waals surface area contributed by atoms with Gasteiger partial charge in [0.15, 0.2) is 0 Å². The molecule has 2 heterocycles. The largest absolute Gasteiger partial charge is 0.338 e. The van der Waals surface area contributed by atoms with Gasteiger partial charge in [0.1, 0.15) is 18.9 Å².